The highest BCUT2D eigenvalue weighted by atomic mass is 16.6. The van der Waals surface area contributed by atoms with Crippen molar-refractivity contribution >= 4 is 23.5 Å². The Morgan fingerprint density at radius 3 is 2.29 bits per heavy atom. The maximum atomic E-state index is 11.1. The molecule has 106 valence electrons. The number of non-ortho nitro benzene ring substituents is 1. The Balaban J connectivity index is 2.71. The third-order valence-corrected chi connectivity index (χ3v) is 2.82. The minimum Gasteiger partial charge on any atom is -0.328 e. The van der Waals surface area contributed by atoms with Crippen molar-refractivity contribution in [2.75, 3.05) is 5.32 Å². The molecule has 0 radical (unpaired) electrons. The Kier molecular flexibility index (Phi) is 3.89. The molecule has 8 nitrogen and oxygen atoms in total. The molecule has 0 spiro atoms. The van der Waals surface area contributed by atoms with Crippen LogP contribution in [0.15, 0.2) is 42.5 Å². The van der Waals surface area contributed by atoms with Gasteiger partial charge >= 0.3 is 0 Å². The van der Waals surface area contributed by atoms with E-state index in [2.05, 4.69) is 5.32 Å². The highest BCUT2D eigenvalue weighted by Crippen LogP contribution is 2.36. The monoisotopic (exact) mass is 287 g/mol. The number of nitro groups is 2. The van der Waals surface area contributed by atoms with Gasteiger partial charge in [0.2, 0.25) is 6.41 Å². The van der Waals surface area contributed by atoms with Gasteiger partial charge in [-0.15, -0.1) is 0 Å². The van der Waals surface area contributed by atoms with Gasteiger partial charge in [-0.1, -0.05) is 12.1 Å². The third kappa shape index (κ3) is 2.84. The lowest BCUT2D eigenvalue weighted by Gasteiger charge is -2.09. The molecule has 21 heavy (non-hydrogen) atoms. The van der Waals surface area contributed by atoms with Crippen LogP contribution in [0.5, 0.6) is 0 Å². The topological polar surface area (TPSA) is 115 Å². The zero-order valence-electron chi connectivity index (χ0n) is 10.6. The van der Waals surface area contributed by atoms with E-state index in [1.807, 2.05) is 0 Å². The molecule has 0 heterocycles. The summed E-state index contributed by atoms with van der Waals surface area (Å²) in [5.41, 5.74) is 0.232. The van der Waals surface area contributed by atoms with Crippen LogP contribution in [0.3, 0.4) is 0 Å². The van der Waals surface area contributed by atoms with Gasteiger partial charge in [0.1, 0.15) is 0 Å². The van der Waals surface area contributed by atoms with Gasteiger partial charge in [-0.25, -0.2) is 0 Å². The van der Waals surface area contributed by atoms with Crippen molar-refractivity contribution in [1.29, 1.82) is 0 Å². The molecule has 2 rings (SSSR count). The second-order valence-electron chi connectivity index (χ2n) is 4.02. The number of hydrogen-bond donors (Lipinski definition) is 1. The van der Waals surface area contributed by atoms with Gasteiger partial charge in [-0.2, -0.15) is 0 Å². The molecular formula is C13H9N3O5. The van der Waals surface area contributed by atoms with Gasteiger partial charge in [0, 0.05) is 29.4 Å². The zero-order chi connectivity index (χ0) is 15.4. The zero-order valence-corrected chi connectivity index (χ0v) is 10.6. The van der Waals surface area contributed by atoms with Crippen LogP contribution in [-0.4, -0.2) is 16.3 Å². The van der Waals surface area contributed by atoms with Crippen molar-refractivity contribution in [3.8, 4) is 11.1 Å². The summed E-state index contributed by atoms with van der Waals surface area (Å²) in [7, 11) is 0. The third-order valence-electron chi connectivity index (χ3n) is 2.82. The molecule has 0 bridgehead atoms. The number of rotatable bonds is 5. The fourth-order valence-electron chi connectivity index (χ4n) is 1.92. The van der Waals surface area contributed by atoms with Crippen LogP contribution >= 0.6 is 0 Å². The molecule has 2 aromatic carbocycles. The van der Waals surface area contributed by atoms with Gasteiger partial charge in [0.15, 0.2) is 0 Å². The Labute approximate surface area is 118 Å². The maximum absolute atomic E-state index is 11.1. The predicted octanol–water partition coefficient (Wildman–Crippen LogP) is 2.74. The number of nitrogens with zero attached hydrogens (tertiary/aromatic N) is 2. The Bertz CT molecular complexity index is 729. The molecule has 1 amide bonds. The van der Waals surface area contributed by atoms with E-state index in [0.29, 0.717) is 6.41 Å². The molecule has 2 aromatic rings. The first kappa shape index (κ1) is 14.1. The summed E-state index contributed by atoms with van der Waals surface area (Å²) in [6, 6.07) is 9.56. The van der Waals surface area contributed by atoms with E-state index in [1.54, 1.807) is 6.07 Å². The van der Waals surface area contributed by atoms with Crippen LogP contribution in [0.2, 0.25) is 0 Å². The summed E-state index contributed by atoms with van der Waals surface area (Å²) in [5, 5.41) is 24.3. The molecule has 1 N–H and O–H groups in total. The summed E-state index contributed by atoms with van der Waals surface area (Å²) in [6.07, 6.45) is 0.402. The number of nitrogens with one attached hydrogen (secondary N) is 1. The molecule has 0 aliphatic rings. The van der Waals surface area contributed by atoms with Crippen LogP contribution in [-0.2, 0) is 4.79 Å². The molecule has 0 aromatic heterocycles. The number of amides is 1. The van der Waals surface area contributed by atoms with Crippen LogP contribution in [0.25, 0.3) is 11.1 Å². The molecule has 0 saturated heterocycles. The second-order valence-corrected chi connectivity index (χ2v) is 4.02. The number of para-hydroxylation sites is 1. The van der Waals surface area contributed by atoms with Crippen LogP contribution < -0.4 is 5.32 Å². The number of benzene rings is 2. The van der Waals surface area contributed by atoms with E-state index < -0.39 is 9.85 Å². The quantitative estimate of drug-likeness (QED) is 0.515. The summed E-state index contributed by atoms with van der Waals surface area (Å²) in [5.74, 6) is 0. The molecule has 0 saturated carbocycles. The first-order valence-corrected chi connectivity index (χ1v) is 5.77. The number of hydrogen-bond acceptors (Lipinski definition) is 5. The lowest BCUT2D eigenvalue weighted by atomic mass is 10.0. The van der Waals surface area contributed by atoms with E-state index >= 15 is 0 Å². The molecule has 8 heteroatoms. The Morgan fingerprint density at radius 2 is 1.67 bits per heavy atom. The minimum absolute atomic E-state index is 0.190. The van der Waals surface area contributed by atoms with Crippen LogP contribution in [0.1, 0.15) is 0 Å². The molecule has 0 aliphatic carbocycles. The lowest BCUT2D eigenvalue weighted by Crippen LogP contribution is -1.99. The predicted molar refractivity (Wildman–Crippen MR) is 74.9 cm³/mol. The SMILES string of the molecule is O=CNc1ccc([N+](=O)[O-])cc1-c1ccccc1[N+](=O)[O-]. The summed E-state index contributed by atoms with van der Waals surface area (Å²) in [4.78, 5) is 31.3. The van der Waals surface area contributed by atoms with E-state index in [0.717, 1.165) is 0 Å². The normalized spacial score (nSPS) is 9.90. The lowest BCUT2D eigenvalue weighted by molar-refractivity contribution is -0.385. The Morgan fingerprint density at radius 1 is 0.952 bits per heavy atom. The van der Waals surface area contributed by atoms with Gasteiger partial charge in [-0.3, -0.25) is 25.0 Å². The molecule has 0 atom stereocenters. The number of anilines is 1. The van der Waals surface area contributed by atoms with E-state index in [1.165, 1.54) is 36.4 Å². The summed E-state index contributed by atoms with van der Waals surface area (Å²) >= 11 is 0. The number of carbonyl (C=O) groups excluding carboxylic acids is 1. The van der Waals surface area contributed by atoms with Gasteiger partial charge < -0.3 is 5.32 Å². The second kappa shape index (κ2) is 5.78. The molecule has 0 unspecified atom stereocenters. The minimum atomic E-state index is -0.608. The maximum Gasteiger partial charge on any atom is 0.277 e. The van der Waals surface area contributed by atoms with Gasteiger partial charge in [-0.05, 0) is 12.1 Å². The van der Waals surface area contributed by atoms with Crippen molar-refractivity contribution in [2.24, 2.45) is 0 Å². The fourth-order valence-corrected chi connectivity index (χ4v) is 1.92. The molecule has 0 fully saturated rings. The average molecular weight is 287 g/mol. The van der Waals surface area contributed by atoms with Crippen LogP contribution in [0, 0.1) is 20.2 Å². The smallest absolute Gasteiger partial charge is 0.277 e. The van der Waals surface area contributed by atoms with Gasteiger partial charge in [0.05, 0.1) is 15.4 Å². The number of carbonyl (C=O) groups is 1. The average Bonchev–Trinajstić information content (AvgIpc) is 2.47. The van der Waals surface area contributed by atoms with Crippen molar-refractivity contribution in [3.63, 3.8) is 0 Å². The molecule has 0 aliphatic heterocycles. The number of nitro benzene ring substituents is 2. The van der Waals surface area contributed by atoms with E-state index in [9.17, 15) is 25.0 Å². The Hall–Kier alpha value is -3.29. The largest absolute Gasteiger partial charge is 0.328 e. The fraction of sp³-hybridized carbons (Fsp3) is 0. The highest BCUT2D eigenvalue weighted by molar-refractivity contribution is 5.89. The van der Waals surface area contributed by atoms with Crippen molar-refractivity contribution in [2.45, 2.75) is 0 Å². The summed E-state index contributed by atoms with van der Waals surface area (Å²) < 4.78 is 0. The van der Waals surface area contributed by atoms with Crippen molar-refractivity contribution in [1.82, 2.24) is 0 Å². The van der Waals surface area contributed by atoms with Crippen molar-refractivity contribution in [3.05, 3.63) is 62.7 Å². The van der Waals surface area contributed by atoms with E-state index in [-0.39, 0.29) is 28.2 Å². The van der Waals surface area contributed by atoms with Gasteiger partial charge in [0.25, 0.3) is 11.4 Å². The molecular weight excluding hydrogens is 278 g/mol. The van der Waals surface area contributed by atoms with E-state index in [4.69, 9.17) is 0 Å². The standard InChI is InChI=1S/C13H9N3O5/c17-8-14-12-6-5-9(15(18)19)7-11(12)10-3-1-2-4-13(10)16(20)21/h1-8H,(H,14,17). The highest BCUT2D eigenvalue weighted by Gasteiger charge is 2.19. The summed E-state index contributed by atoms with van der Waals surface area (Å²) in [6.45, 7) is 0. The van der Waals surface area contributed by atoms with Crippen molar-refractivity contribution < 1.29 is 14.6 Å². The first-order valence-electron chi connectivity index (χ1n) is 5.77. The van der Waals surface area contributed by atoms with Crippen LogP contribution in [0.4, 0.5) is 17.1 Å². The first-order chi connectivity index (χ1) is 10.0.